The van der Waals surface area contributed by atoms with Crippen LogP contribution in [0.4, 0.5) is 11.4 Å². The van der Waals surface area contributed by atoms with Gasteiger partial charge in [-0.05, 0) is 6.07 Å². The number of hydrogen-bond donors (Lipinski definition) is 4. The van der Waals surface area contributed by atoms with Crippen LogP contribution in [0.2, 0.25) is 0 Å². The maximum absolute atomic E-state index is 9.69. The summed E-state index contributed by atoms with van der Waals surface area (Å²) in [5.74, 6) is 0. The van der Waals surface area contributed by atoms with Crippen LogP contribution in [0.1, 0.15) is 18.1 Å². The zero-order valence-electron chi connectivity index (χ0n) is 8.09. The smallest absolute Gasteiger partial charge is 0.108 e. The van der Waals surface area contributed by atoms with Crippen molar-refractivity contribution in [2.75, 3.05) is 11.5 Å². The SMILES string of the molecule is N#CCC(O)C(O)c1cccc(N)c1N. The summed E-state index contributed by atoms with van der Waals surface area (Å²) >= 11 is 0. The Morgan fingerprint density at radius 3 is 2.60 bits per heavy atom. The van der Waals surface area contributed by atoms with Gasteiger partial charge in [-0.1, -0.05) is 12.1 Å². The zero-order chi connectivity index (χ0) is 11.4. The van der Waals surface area contributed by atoms with Crippen molar-refractivity contribution < 1.29 is 10.2 Å². The van der Waals surface area contributed by atoms with E-state index in [0.29, 0.717) is 11.3 Å². The summed E-state index contributed by atoms with van der Waals surface area (Å²) in [6.07, 6.45) is -2.50. The van der Waals surface area contributed by atoms with Crippen molar-refractivity contribution in [1.29, 1.82) is 5.26 Å². The molecule has 0 aliphatic carbocycles. The van der Waals surface area contributed by atoms with Gasteiger partial charge in [-0.15, -0.1) is 0 Å². The topological polar surface area (TPSA) is 116 Å². The Labute approximate surface area is 87.6 Å². The van der Waals surface area contributed by atoms with E-state index in [1.165, 1.54) is 0 Å². The molecule has 0 heterocycles. The van der Waals surface area contributed by atoms with E-state index in [1.807, 2.05) is 0 Å². The molecular formula is C10H13N3O2. The minimum atomic E-state index is -1.19. The third-order valence-electron chi connectivity index (χ3n) is 2.16. The van der Waals surface area contributed by atoms with Crippen LogP contribution in [0.25, 0.3) is 0 Å². The monoisotopic (exact) mass is 207 g/mol. The summed E-state index contributed by atoms with van der Waals surface area (Å²) in [6, 6.07) is 6.56. The van der Waals surface area contributed by atoms with Crippen LogP contribution in [-0.2, 0) is 0 Å². The predicted molar refractivity (Wildman–Crippen MR) is 56.5 cm³/mol. The zero-order valence-corrected chi connectivity index (χ0v) is 8.09. The van der Waals surface area contributed by atoms with Gasteiger partial charge in [0.2, 0.25) is 0 Å². The molecule has 0 bridgehead atoms. The first-order chi connectivity index (χ1) is 7.07. The van der Waals surface area contributed by atoms with Gasteiger partial charge in [-0.3, -0.25) is 0 Å². The molecule has 5 nitrogen and oxygen atoms in total. The molecule has 1 aromatic carbocycles. The molecule has 5 heteroatoms. The Morgan fingerprint density at radius 2 is 2.00 bits per heavy atom. The fourth-order valence-electron chi connectivity index (χ4n) is 1.27. The van der Waals surface area contributed by atoms with Crippen molar-refractivity contribution in [2.24, 2.45) is 0 Å². The molecule has 0 aromatic heterocycles. The lowest BCUT2D eigenvalue weighted by molar-refractivity contribution is 0.0221. The average molecular weight is 207 g/mol. The summed E-state index contributed by atoms with van der Waals surface area (Å²) in [6.45, 7) is 0. The summed E-state index contributed by atoms with van der Waals surface area (Å²) in [7, 11) is 0. The third kappa shape index (κ3) is 2.37. The Balaban J connectivity index is 2.96. The number of nitriles is 1. The lowest BCUT2D eigenvalue weighted by atomic mass is 10.00. The Hall–Kier alpha value is -1.77. The van der Waals surface area contributed by atoms with Crippen LogP contribution in [-0.4, -0.2) is 16.3 Å². The van der Waals surface area contributed by atoms with Gasteiger partial charge >= 0.3 is 0 Å². The number of aliphatic hydroxyl groups is 2. The van der Waals surface area contributed by atoms with E-state index < -0.39 is 12.2 Å². The summed E-state index contributed by atoms with van der Waals surface area (Å²) in [5, 5.41) is 27.5. The van der Waals surface area contributed by atoms with Gasteiger partial charge in [-0.25, -0.2) is 0 Å². The van der Waals surface area contributed by atoms with Crippen LogP contribution in [0, 0.1) is 11.3 Å². The van der Waals surface area contributed by atoms with E-state index in [9.17, 15) is 10.2 Å². The number of aliphatic hydroxyl groups excluding tert-OH is 2. The Bertz CT molecular complexity index is 387. The highest BCUT2D eigenvalue weighted by molar-refractivity contribution is 5.67. The van der Waals surface area contributed by atoms with Gasteiger partial charge in [0.05, 0.1) is 30.0 Å². The molecule has 0 saturated heterocycles. The van der Waals surface area contributed by atoms with Crippen molar-refractivity contribution in [3.63, 3.8) is 0 Å². The minimum absolute atomic E-state index is 0.157. The van der Waals surface area contributed by atoms with Crippen LogP contribution < -0.4 is 11.5 Å². The fourth-order valence-corrected chi connectivity index (χ4v) is 1.27. The first kappa shape index (κ1) is 11.3. The van der Waals surface area contributed by atoms with Crippen LogP contribution >= 0.6 is 0 Å². The molecule has 2 atom stereocenters. The molecule has 6 N–H and O–H groups in total. The number of nitrogens with two attached hydrogens (primary N) is 2. The quantitative estimate of drug-likeness (QED) is 0.527. The van der Waals surface area contributed by atoms with Gasteiger partial charge in [0.25, 0.3) is 0 Å². The summed E-state index contributed by atoms with van der Waals surface area (Å²) in [5.41, 5.74) is 12.1. The van der Waals surface area contributed by atoms with Crippen LogP contribution in [0.5, 0.6) is 0 Å². The van der Waals surface area contributed by atoms with E-state index in [0.717, 1.165) is 0 Å². The Morgan fingerprint density at radius 1 is 1.33 bits per heavy atom. The van der Waals surface area contributed by atoms with Crippen LogP contribution in [0.3, 0.4) is 0 Å². The molecule has 15 heavy (non-hydrogen) atoms. The highest BCUT2D eigenvalue weighted by atomic mass is 16.3. The van der Waals surface area contributed by atoms with E-state index in [-0.39, 0.29) is 12.1 Å². The molecule has 0 saturated carbocycles. The molecule has 0 radical (unpaired) electrons. The van der Waals surface area contributed by atoms with E-state index in [2.05, 4.69) is 0 Å². The van der Waals surface area contributed by atoms with Gasteiger partial charge < -0.3 is 21.7 Å². The second-order valence-corrected chi connectivity index (χ2v) is 3.22. The van der Waals surface area contributed by atoms with Crippen molar-refractivity contribution in [2.45, 2.75) is 18.6 Å². The highest BCUT2D eigenvalue weighted by Crippen LogP contribution is 2.28. The molecular weight excluding hydrogens is 194 g/mol. The largest absolute Gasteiger partial charge is 0.397 e. The molecule has 0 amide bonds. The summed E-state index contributed by atoms with van der Waals surface area (Å²) in [4.78, 5) is 0. The highest BCUT2D eigenvalue weighted by Gasteiger charge is 2.20. The van der Waals surface area contributed by atoms with Gasteiger partial charge in [0.15, 0.2) is 0 Å². The lowest BCUT2D eigenvalue weighted by Gasteiger charge is -2.18. The maximum Gasteiger partial charge on any atom is 0.108 e. The second-order valence-electron chi connectivity index (χ2n) is 3.22. The molecule has 0 aliphatic rings. The average Bonchev–Trinajstić information content (AvgIpc) is 2.21. The molecule has 0 aliphatic heterocycles. The minimum Gasteiger partial charge on any atom is -0.397 e. The van der Waals surface area contributed by atoms with E-state index >= 15 is 0 Å². The van der Waals surface area contributed by atoms with Gasteiger partial charge in [-0.2, -0.15) is 5.26 Å². The standard InChI is InChI=1S/C10H13N3O2/c11-5-4-8(14)10(15)6-2-1-3-7(12)9(6)13/h1-3,8,10,14-15H,4,12-13H2. The molecule has 0 spiro atoms. The lowest BCUT2D eigenvalue weighted by Crippen LogP contribution is -2.19. The molecule has 1 rings (SSSR count). The predicted octanol–water partition coefficient (Wildman–Crippen LogP) is 0.159. The van der Waals surface area contributed by atoms with Gasteiger partial charge in [0.1, 0.15) is 6.10 Å². The number of hydrogen-bond acceptors (Lipinski definition) is 5. The van der Waals surface area contributed by atoms with Crippen molar-refractivity contribution in [3.8, 4) is 6.07 Å². The molecule has 1 aromatic rings. The first-order valence-corrected chi connectivity index (χ1v) is 4.45. The van der Waals surface area contributed by atoms with E-state index in [1.54, 1.807) is 24.3 Å². The number of anilines is 2. The molecule has 0 fully saturated rings. The Kier molecular flexibility index (Phi) is 3.50. The van der Waals surface area contributed by atoms with E-state index in [4.69, 9.17) is 16.7 Å². The number of para-hydroxylation sites is 1. The molecule has 80 valence electrons. The summed E-state index contributed by atoms with van der Waals surface area (Å²) < 4.78 is 0. The number of benzene rings is 1. The van der Waals surface area contributed by atoms with Crippen molar-refractivity contribution in [3.05, 3.63) is 23.8 Å². The fraction of sp³-hybridized carbons (Fsp3) is 0.300. The molecule has 2 unspecified atom stereocenters. The number of rotatable bonds is 3. The second kappa shape index (κ2) is 4.64. The van der Waals surface area contributed by atoms with Crippen LogP contribution in [0.15, 0.2) is 18.2 Å². The van der Waals surface area contributed by atoms with Crippen molar-refractivity contribution >= 4 is 11.4 Å². The normalized spacial score (nSPS) is 14.2. The number of nitrogens with zero attached hydrogens (tertiary/aromatic N) is 1. The van der Waals surface area contributed by atoms with Crippen molar-refractivity contribution in [1.82, 2.24) is 0 Å². The number of nitrogen functional groups attached to an aromatic ring is 2. The van der Waals surface area contributed by atoms with Gasteiger partial charge in [0, 0.05) is 5.56 Å². The maximum atomic E-state index is 9.69. The third-order valence-corrected chi connectivity index (χ3v) is 2.16. The first-order valence-electron chi connectivity index (χ1n) is 4.45.